The van der Waals surface area contributed by atoms with Crippen molar-refractivity contribution in [2.45, 2.75) is 13.3 Å². The first-order valence-corrected chi connectivity index (χ1v) is 7.26. The summed E-state index contributed by atoms with van der Waals surface area (Å²) in [7, 11) is 0. The van der Waals surface area contributed by atoms with E-state index < -0.39 is 17.8 Å². The summed E-state index contributed by atoms with van der Waals surface area (Å²) in [6, 6.07) is 1.82. The Bertz CT molecular complexity index is 677. The fourth-order valence-corrected chi connectivity index (χ4v) is 2.08. The van der Waals surface area contributed by atoms with Crippen LogP contribution in [0.1, 0.15) is 18.2 Å². The molecule has 122 valence electrons. The number of hydrogen-bond donors (Lipinski definition) is 4. The number of nitrogens with zero attached hydrogens (tertiary/aromatic N) is 1. The number of carbonyl (C=O) groups excluding carboxylic acids is 1. The van der Waals surface area contributed by atoms with Crippen molar-refractivity contribution in [2.75, 3.05) is 0 Å². The lowest BCUT2D eigenvalue weighted by atomic mass is 10.2. The van der Waals surface area contributed by atoms with E-state index in [0.717, 1.165) is 5.56 Å². The first kappa shape index (κ1) is 18.1. The molecule has 23 heavy (non-hydrogen) atoms. The molecule has 4 N–H and O–H groups in total. The second-order valence-electron chi connectivity index (χ2n) is 4.25. The molecule has 0 fully saturated rings. The van der Waals surface area contributed by atoms with Crippen molar-refractivity contribution >= 4 is 35.3 Å². The summed E-state index contributed by atoms with van der Waals surface area (Å²) in [5.74, 6) is -2.40. The average molecular weight is 337 g/mol. The largest absolute Gasteiger partial charge is 0.481 e. The van der Waals surface area contributed by atoms with Gasteiger partial charge in [-0.3, -0.25) is 9.59 Å². The van der Waals surface area contributed by atoms with Crippen molar-refractivity contribution in [3.63, 3.8) is 0 Å². The summed E-state index contributed by atoms with van der Waals surface area (Å²) < 4.78 is 0. The van der Waals surface area contributed by atoms with Crippen molar-refractivity contribution in [3.8, 4) is 0 Å². The van der Waals surface area contributed by atoms with Gasteiger partial charge < -0.3 is 20.5 Å². The highest BCUT2D eigenvalue weighted by atomic mass is 32.1. The molecule has 0 aliphatic rings. The van der Waals surface area contributed by atoms with Crippen LogP contribution in [0.2, 0.25) is 0 Å². The molecule has 8 nitrogen and oxygen atoms in total. The molecule has 2 aromatic rings. The summed E-state index contributed by atoms with van der Waals surface area (Å²) in [5, 5.41) is 22.9. The van der Waals surface area contributed by atoms with Gasteiger partial charge >= 0.3 is 11.9 Å². The summed E-state index contributed by atoms with van der Waals surface area (Å²) in [6.07, 6.45) is 4.30. The predicted octanol–water partition coefficient (Wildman–Crippen LogP) is 1.35. The van der Waals surface area contributed by atoms with Crippen LogP contribution in [0.15, 0.2) is 35.0 Å². The zero-order valence-electron chi connectivity index (χ0n) is 12.1. The lowest BCUT2D eigenvalue weighted by Crippen LogP contribution is -2.24. The molecule has 0 radical (unpaired) electrons. The molecule has 2 aromatic heterocycles. The highest BCUT2D eigenvalue weighted by molar-refractivity contribution is 7.07. The van der Waals surface area contributed by atoms with E-state index in [1.54, 1.807) is 0 Å². The first-order valence-electron chi connectivity index (χ1n) is 6.32. The number of aromatic amines is 1. The Morgan fingerprint density at radius 3 is 2.57 bits per heavy atom. The second-order valence-corrected chi connectivity index (χ2v) is 5.03. The molecule has 2 heterocycles. The Labute approximate surface area is 135 Å². The average Bonchev–Trinajstić information content (AvgIpc) is 3.11. The van der Waals surface area contributed by atoms with E-state index in [4.69, 9.17) is 10.2 Å². The molecule has 0 spiro atoms. The number of carboxylic acid groups (broad SMARTS) is 2. The highest BCUT2D eigenvalue weighted by Crippen LogP contribution is 2.05. The number of rotatable bonds is 5. The Morgan fingerprint density at radius 1 is 1.39 bits per heavy atom. The van der Waals surface area contributed by atoms with E-state index in [1.165, 1.54) is 36.9 Å². The first-order chi connectivity index (χ1) is 10.9. The lowest BCUT2D eigenvalue weighted by molar-refractivity contribution is -0.136. The van der Waals surface area contributed by atoms with Crippen LogP contribution < -0.4 is 5.32 Å². The number of aliphatic carboxylic acids is 2. The number of hydrogen-bond acceptors (Lipinski definition) is 5. The Morgan fingerprint density at radius 2 is 2.13 bits per heavy atom. The lowest BCUT2D eigenvalue weighted by Gasteiger charge is -2.00. The SMILES string of the molecule is CC(=O)NC(=Cc1cnc[nH]1)C(=O)O.O=C(O)Cc1ccsc1. The molecule has 1 amide bonds. The molecular weight excluding hydrogens is 322 g/mol. The summed E-state index contributed by atoms with van der Waals surface area (Å²) in [4.78, 5) is 37.8. The van der Waals surface area contributed by atoms with Crippen LogP contribution in [-0.2, 0) is 20.8 Å². The van der Waals surface area contributed by atoms with E-state index in [2.05, 4.69) is 15.3 Å². The standard InChI is InChI=1S/C8H9N3O3.C6H6O2S/c1-5(12)11-7(8(13)14)2-6-3-9-4-10-6;7-6(8)3-5-1-2-9-4-5/h2-4H,1H3,(H,9,10)(H,11,12)(H,13,14);1-2,4H,3H2,(H,7,8). The minimum atomic E-state index is -1.20. The quantitative estimate of drug-likeness (QED) is 0.609. The van der Waals surface area contributed by atoms with Crippen LogP contribution in [0, 0.1) is 0 Å². The molecular formula is C14H15N3O5S. The molecule has 0 atom stereocenters. The van der Waals surface area contributed by atoms with Crippen LogP contribution >= 0.6 is 11.3 Å². The Hall–Kier alpha value is -2.94. The van der Waals surface area contributed by atoms with Gasteiger partial charge in [0.2, 0.25) is 5.91 Å². The van der Waals surface area contributed by atoms with Crippen molar-refractivity contribution in [1.82, 2.24) is 15.3 Å². The van der Waals surface area contributed by atoms with Gasteiger partial charge in [0.15, 0.2) is 0 Å². The van der Waals surface area contributed by atoms with Crippen LogP contribution in [0.3, 0.4) is 0 Å². The number of imidazole rings is 1. The summed E-state index contributed by atoms with van der Waals surface area (Å²) in [6.45, 7) is 1.24. The zero-order chi connectivity index (χ0) is 17.2. The third kappa shape index (κ3) is 7.58. The van der Waals surface area contributed by atoms with Crippen molar-refractivity contribution in [1.29, 1.82) is 0 Å². The van der Waals surface area contributed by atoms with Crippen LogP contribution in [-0.4, -0.2) is 38.0 Å². The van der Waals surface area contributed by atoms with Gasteiger partial charge in [-0.15, -0.1) is 0 Å². The molecule has 0 aliphatic carbocycles. The zero-order valence-corrected chi connectivity index (χ0v) is 13.0. The third-order valence-electron chi connectivity index (χ3n) is 2.30. The normalized spacial score (nSPS) is 10.4. The molecule has 0 saturated carbocycles. The van der Waals surface area contributed by atoms with Crippen LogP contribution in [0.5, 0.6) is 0 Å². The number of carbonyl (C=O) groups is 3. The molecule has 0 aromatic carbocycles. The number of carboxylic acids is 2. The van der Waals surface area contributed by atoms with Crippen LogP contribution in [0.4, 0.5) is 0 Å². The van der Waals surface area contributed by atoms with Gasteiger partial charge in [0.25, 0.3) is 0 Å². The monoisotopic (exact) mass is 337 g/mol. The van der Waals surface area contributed by atoms with Crippen LogP contribution in [0.25, 0.3) is 6.08 Å². The van der Waals surface area contributed by atoms with E-state index >= 15 is 0 Å². The molecule has 0 unspecified atom stereocenters. The number of H-pyrrole nitrogens is 1. The van der Waals surface area contributed by atoms with Gasteiger partial charge in [0, 0.05) is 6.92 Å². The fourth-order valence-electron chi connectivity index (χ4n) is 1.41. The molecule has 0 aliphatic heterocycles. The molecule has 0 bridgehead atoms. The van der Waals surface area contributed by atoms with Gasteiger partial charge in [-0.2, -0.15) is 11.3 Å². The van der Waals surface area contributed by atoms with Gasteiger partial charge in [0.05, 0.1) is 24.6 Å². The van der Waals surface area contributed by atoms with Crippen molar-refractivity contribution < 1.29 is 24.6 Å². The van der Waals surface area contributed by atoms with E-state index in [-0.39, 0.29) is 12.1 Å². The molecule has 9 heteroatoms. The van der Waals surface area contributed by atoms with E-state index in [9.17, 15) is 14.4 Å². The number of amides is 1. The predicted molar refractivity (Wildman–Crippen MR) is 83.7 cm³/mol. The molecule has 0 saturated heterocycles. The van der Waals surface area contributed by atoms with Crippen molar-refractivity contribution in [3.05, 3.63) is 46.3 Å². The Balaban J connectivity index is 0.000000253. The van der Waals surface area contributed by atoms with Gasteiger partial charge in [-0.1, -0.05) is 0 Å². The second kappa shape index (κ2) is 9.15. The maximum absolute atomic E-state index is 10.6. The van der Waals surface area contributed by atoms with Crippen molar-refractivity contribution in [2.24, 2.45) is 0 Å². The Kier molecular flexibility index (Phi) is 7.21. The summed E-state index contributed by atoms with van der Waals surface area (Å²) in [5.41, 5.74) is 1.20. The number of thiophene rings is 1. The van der Waals surface area contributed by atoms with E-state index in [0.29, 0.717) is 5.69 Å². The smallest absolute Gasteiger partial charge is 0.352 e. The topological polar surface area (TPSA) is 132 Å². The number of aromatic nitrogens is 2. The third-order valence-corrected chi connectivity index (χ3v) is 3.03. The highest BCUT2D eigenvalue weighted by Gasteiger charge is 2.08. The minimum Gasteiger partial charge on any atom is -0.481 e. The van der Waals surface area contributed by atoms with Gasteiger partial charge in [0.1, 0.15) is 5.70 Å². The molecule has 2 rings (SSSR count). The fraction of sp³-hybridized carbons (Fsp3) is 0.143. The van der Waals surface area contributed by atoms with Gasteiger partial charge in [-0.05, 0) is 28.5 Å². The minimum absolute atomic E-state index is 0.142. The number of nitrogens with one attached hydrogen (secondary N) is 2. The summed E-state index contributed by atoms with van der Waals surface area (Å²) >= 11 is 1.52. The maximum Gasteiger partial charge on any atom is 0.352 e. The van der Waals surface area contributed by atoms with Gasteiger partial charge in [-0.25, -0.2) is 9.78 Å². The maximum atomic E-state index is 10.6. The van der Waals surface area contributed by atoms with E-state index in [1.807, 2.05) is 16.8 Å².